The zero-order valence-electron chi connectivity index (χ0n) is 11.2. The molecule has 0 unspecified atom stereocenters. The van der Waals surface area contributed by atoms with Crippen LogP contribution in [0.3, 0.4) is 0 Å². The Labute approximate surface area is 112 Å². The number of fused-ring (bicyclic) bond motifs is 1. The van der Waals surface area contributed by atoms with Crippen LogP contribution < -0.4 is 5.73 Å². The van der Waals surface area contributed by atoms with Crippen LogP contribution in [0.4, 0.5) is 0 Å². The third-order valence-electron chi connectivity index (χ3n) is 3.65. The van der Waals surface area contributed by atoms with Crippen LogP contribution in [-0.4, -0.2) is 9.38 Å². The Balaban J connectivity index is 2.24. The number of aromatic nitrogens is 2. The summed E-state index contributed by atoms with van der Waals surface area (Å²) < 4.78 is 2.06. The van der Waals surface area contributed by atoms with Gasteiger partial charge in [0.25, 0.3) is 0 Å². The first-order chi connectivity index (χ1) is 9.20. The molecule has 0 saturated carbocycles. The minimum absolute atomic E-state index is 0.449. The first kappa shape index (κ1) is 11.9. The number of nitrogens with two attached hydrogens (primary N) is 1. The summed E-state index contributed by atoms with van der Waals surface area (Å²) in [5, 5.41) is 0. The number of imidazole rings is 1. The summed E-state index contributed by atoms with van der Waals surface area (Å²) in [5.41, 5.74) is 11.8. The highest BCUT2D eigenvalue weighted by molar-refractivity contribution is 5.80. The molecule has 3 heteroatoms. The molecule has 0 aliphatic heterocycles. The lowest BCUT2D eigenvalue weighted by Crippen LogP contribution is -2.02. The Kier molecular flexibility index (Phi) is 2.84. The molecule has 2 aromatic heterocycles. The monoisotopic (exact) mass is 251 g/mol. The first-order valence-corrected chi connectivity index (χ1v) is 6.43. The predicted octanol–water partition coefficient (Wildman–Crippen LogP) is 3.08. The topological polar surface area (TPSA) is 43.3 Å². The lowest BCUT2D eigenvalue weighted by molar-refractivity contribution is 0.904. The van der Waals surface area contributed by atoms with Crippen molar-refractivity contribution in [1.29, 1.82) is 0 Å². The van der Waals surface area contributed by atoms with Crippen molar-refractivity contribution in [2.45, 2.75) is 20.4 Å². The molecule has 3 aromatic rings. The van der Waals surface area contributed by atoms with E-state index in [9.17, 15) is 0 Å². The van der Waals surface area contributed by atoms with Gasteiger partial charge in [0.2, 0.25) is 0 Å². The molecule has 0 bridgehead atoms. The zero-order valence-corrected chi connectivity index (χ0v) is 11.2. The maximum absolute atomic E-state index is 5.71. The van der Waals surface area contributed by atoms with Crippen LogP contribution in [0.5, 0.6) is 0 Å². The molecule has 96 valence electrons. The van der Waals surface area contributed by atoms with E-state index in [-0.39, 0.29) is 0 Å². The lowest BCUT2D eigenvalue weighted by Gasteiger charge is -2.08. The van der Waals surface area contributed by atoms with Gasteiger partial charge in [0.1, 0.15) is 5.82 Å². The molecule has 0 fully saturated rings. The van der Waals surface area contributed by atoms with E-state index in [0.29, 0.717) is 6.54 Å². The van der Waals surface area contributed by atoms with Gasteiger partial charge in [-0.3, -0.25) is 0 Å². The van der Waals surface area contributed by atoms with Crippen molar-refractivity contribution in [3.63, 3.8) is 0 Å². The van der Waals surface area contributed by atoms with Crippen molar-refractivity contribution in [3.05, 3.63) is 59.7 Å². The summed E-state index contributed by atoms with van der Waals surface area (Å²) in [6.07, 6.45) is 3.90. The molecule has 19 heavy (non-hydrogen) atoms. The highest BCUT2D eigenvalue weighted by atomic mass is 15.0. The van der Waals surface area contributed by atoms with E-state index in [1.807, 2.05) is 18.5 Å². The molecule has 2 N–H and O–H groups in total. The van der Waals surface area contributed by atoms with Gasteiger partial charge in [-0.15, -0.1) is 0 Å². The number of nitrogens with zero attached hydrogens (tertiary/aromatic N) is 2. The molecular formula is C16H17N3. The Morgan fingerprint density at radius 3 is 2.74 bits per heavy atom. The third kappa shape index (κ3) is 1.92. The van der Waals surface area contributed by atoms with E-state index in [2.05, 4.69) is 47.5 Å². The average molecular weight is 251 g/mol. The normalized spacial score (nSPS) is 11.1. The minimum Gasteiger partial charge on any atom is -0.324 e. The van der Waals surface area contributed by atoms with Crippen LogP contribution in [0.2, 0.25) is 0 Å². The second-order valence-electron chi connectivity index (χ2n) is 4.85. The molecule has 0 amide bonds. The van der Waals surface area contributed by atoms with Crippen molar-refractivity contribution in [2.24, 2.45) is 5.73 Å². The zero-order chi connectivity index (χ0) is 13.4. The van der Waals surface area contributed by atoms with E-state index in [0.717, 1.165) is 11.3 Å². The fourth-order valence-corrected chi connectivity index (χ4v) is 2.38. The van der Waals surface area contributed by atoms with Crippen LogP contribution >= 0.6 is 0 Å². The Morgan fingerprint density at radius 2 is 2.00 bits per heavy atom. The fraction of sp³-hybridized carbons (Fsp3) is 0.188. The highest BCUT2D eigenvalue weighted by Crippen LogP contribution is 2.26. The predicted molar refractivity (Wildman–Crippen MR) is 78.0 cm³/mol. The van der Waals surface area contributed by atoms with Gasteiger partial charge in [-0.2, -0.15) is 0 Å². The van der Waals surface area contributed by atoms with Crippen LogP contribution in [0.15, 0.2) is 42.7 Å². The van der Waals surface area contributed by atoms with Crippen molar-refractivity contribution in [2.75, 3.05) is 0 Å². The van der Waals surface area contributed by atoms with E-state index < -0.39 is 0 Å². The third-order valence-corrected chi connectivity index (χ3v) is 3.65. The molecule has 0 saturated heterocycles. The molecule has 3 rings (SSSR count). The molecule has 3 nitrogen and oxygen atoms in total. The Bertz CT molecular complexity index is 741. The van der Waals surface area contributed by atoms with Gasteiger partial charge in [-0.25, -0.2) is 4.98 Å². The van der Waals surface area contributed by atoms with E-state index >= 15 is 0 Å². The quantitative estimate of drug-likeness (QED) is 0.760. The molecule has 0 aliphatic rings. The van der Waals surface area contributed by atoms with Crippen LogP contribution in [0.1, 0.15) is 17.0 Å². The summed E-state index contributed by atoms with van der Waals surface area (Å²) in [5.74, 6) is 0.890. The largest absolute Gasteiger partial charge is 0.324 e. The first-order valence-electron chi connectivity index (χ1n) is 6.43. The van der Waals surface area contributed by atoms with Crippen molar-refractivity contribution >= 4 is 5.52 Å². The summed E-state index contributed by atoms with van der Waals surface area (Å²) >= 11 is 0. The number of hydrogen-bond donors (Lipinski definition) is 1. The van der Waals surface area contributed by atoms with Crippen molar-refractivity contribution < 1.29 is 0 Å². The highest BCUT2D eigenvalue weighted by Gasteiger charge is 2.08. The Morgan fingerprint density at radius 1 is 1.16 bits per heavy atom. The van der Waals surface area contributed by atoms with Gasteiger partial charge in [0.05, 0.1) is 18.3 Å². The van der Waals surface area contributed by atoms with Gasteiger partial charge in [-0.05, 0) is 36.6 Å². The van der Waals surface area contributed by atoms with E-state index in [4.69, 9.17) is 5.73 Å². The molecule has 0 spiro atoms. The number of rotatable bonds is 2. The van der Waals surface area contributed by atoms with Crippen molar-refractivity contribution in [3.8, 4) is 11.1 Å². The maximum Gasteiger partial charge on any atom is 0.127 e. The summed E-state index contributed by atoms with van der Waals surface area (Å²) in [4.78, 5) is 4.38. The standard InChI is InChI=1S/C16H17N3/c1-11-5-6-13(8-12(11)2)14-4-3-7-19-15(14)10-18-16(19)9-17/h3-8,10H,9,17H2,1-2H3. The number of pyridine rings is 1. The second kappa shape index (κ2) is 4.52. The van der Waals surface area contributed by atoms with Crippen LogP contribution in [0, 0.1) is 13.8 Å². The maximum atomic E-state index is 5.71. The SMILES string of the molecule is Cc1ccc(-c2cccn3c(CN)ncc23)cc1C. The van der Waals surface area contributed by atoms with Gasteiger partial charge >= 0.3 is 0 Å². The number of aryl methyl sites for hydroxylation is 2. The van der Waals surface area contributed by atoms with Gasteiger partial charge < -0.3 is 10.1 Å². The molecule has 1 aromatic carbocycles. The van der Waals surface area contributed by atoms with E-state index in [1.54, 1.807) is 0 Å². The molecular weight excluding hydrogens is 234 g/mol. The fourth-order valence-electron chi connectivity index (χ4n) is 2.38. The summed E-state index contributed by atoms with van der Waals surface area (Å²) in [6, 6.07) is 10.7. The van der Waals surface area contributed by atoms with Gasteiger partial charge in [0, 0.05) is 11.8 Å². The van der Waals surface area contributed by atoms with Crippen molar-refractivity contribution in [1.82, 2.24) is 9.38 Å². The van der Waals surface area contributed by atoms with Gasteiger partial charge in [-0.1, -0.05) is 24.3 Å². The summed E-state index contributed by atoms with van der Waals surface area (Å²) in [6.45, 7) is 4.72. The minimum atomic E-state index is 0.449. The molecule has 2 heterocycles. The molecule has 0 aliphatic carbocycles. The van der Waals surface area contributed by atoms with Crippen LogP contribution in [-0.2, 0) is 6.54 Å². The van der Waals surface area contributed by atoms with Crippen LogP contribution in [0.25, 0.3) is 16.6 Å². The number of hydrogen-bond acceptors (Lipinski definition) is 2. The molecule has 0 atom stereocenters. The Hall–Kier alpha value is -2.13. The smallest absolute Gasteiger partial charge is 0.127 e. The average Bonchev–Trinajstić information content (AvgIpc) is 2.85. The lowest BCUT2D eigenvalue weighted by atomic mass is 10.0. The molecule has 0 radical (unpaired) electrons. The van der Waals surface area contributed by atoms with Gasteiger partial charge in [0.15, 0.2) is 0 Å². The number of benzene rings is 1. The second-order valence-corrected chi connectivity index (χ2v) is 4.85. The summed E-state index contributed by atoms with van der Waals surface area (Å²) in [7, 11) is 0. The van der Waals surface area contributed by atoms with E-state index in [1.165, 1.54) is 22.3 Å².